The first-order valence-corrected chi connectivity index (χ1v) is 2.74. The molecule has 0 saturated carbocycles. The first kappa shape index (κ1) is 9.61. The summed E-state index contributed by atoms with van der Waals surface area (Å²) >= 11 is 4.08. The minimum atomic E-state index is -4.84. The first-order chi connectivity index (χ1) is 4.34. The van der Waals surface area contributed by atoms with Gasteiger partial charge in [0.25, 0.3) is 0 Å². The van der Waals surface area contributed by atoms with Gasteiger partial charge in [-0.25, -0.2) is 4.39 Å². The second kappa shape index (κ2) is 3.14. The maximum atomic E-state index is 11.9. The molecule has 1 nitrogen and oxygen atoms in total. The molecule has 6 heteroatoms. The molecule has 60 valence electrons. The van der Waals surface area contributed by atoms with Gasteiger partial charge in [-0.3, -0.25) is 0 Å². The van der Waals surface area contributed by atoms with Gasteiger partial charge < -0.3 is 5.73 Å². The van der Waals surface area contributed by atoms with Gasteiger partial charge in [0.15, 0.2) is 0 Å². The maximum Gasteiger partial charge on any atom is 0.420 e. The average molecular weight is 175 g/mol. The van der Waals surface area contributed by atoms with Gasteiger partial charge in [0.2, 0.25) is 6.17 Å². The molecule has 0 aliphatic heterocycles. The Bertz CT molecular complexity index is 132. The molecule has 0 amide bonds. The minimum absolute atomic E-state index is 0.468. The van der Waals surface area contributed by atoms with E-state index in [-0.39, 0.29) is 0 Å². The van der Waals surface area contributed by atoms with Crippen LogP contribution >= 0.6 is 12.2 Å². The number of rotatable bonds is 2. The molecule has 0 spiro atoms. The van der Waals surface area contributed by atoms with Crippen LogP contribution in [0.3, 0.4) is 0 Å². The molecule has 2 N–H and O–H groups in total. The SMILES string of the molecule is NC(=S)CC(F)C(F)(F)F. The lowest BCUT2D eigenvalue weighted by Gasteiger charge is -2.10. The molecule has 0 aliphatic rings. The van der Waals surface area contributed by atoms with Gasteiger partial charge in [-0.2, -0.15) is 13.2 Å². The van der Waals surface area contributed by atoms with Crippen LogP contribution in [0.25, 0.3) is 0 Å². The largest absolute Gasteiger partial charge is 0.420 e. The fraction of sp³-hybridized carbons (Fsp3) is 0.750. The van der Waals surface area contributed by atoms with E-state index >= 15 is 0 Å². The summed E-state index contributed by atoms with van der Waals surface area (Å²) in [7, 11) is 0. The quantitative estimate of drug-likeness (QED) is 0.509. The predicted molar refractivity (Wildman–Crippen MR) is 32.4 cm³/mol. The van der Waals surface area contributed by atoms with Crippen LogP contribution in [-0.4, -0.2) is 17.3 Å². The Morgan fingerprint density at radius 1 is 1.50 bits per heavy atom. The van der Waals surface area contributed by atoms with E-state index in [4.69, 9.17) is 0 Å². The highest BCUT2D eigenvalue weighted by molar-refractivity contribution is 7.80. The van der Waals surface area contributed by atoms with Crippen molar-refractivity contribution in [2.75, 3.05) is 0 Å². The predicted octanol–water partition coefficient (Wildman–Crippen LogP) is 1.56. The third-order valence-electron chi connectivity index (χ3n) is 0.736. The normalized spacial score (nSPS) is 14.8. The number of hydrogen-bond donors (Lipinski definition) is 1. The van der Waals surface area contributed by atoms with E-state index in [0.29, 0.717) is 0 Å². The molecule has 0 heterocycles. The number of thiocarbonyl (C=S) groups is 1. The van der Waals surface area contributed by atoms with Crippen molar-refractivity contribution in [2.45, 2.75) is 18.8 Å². The Labute approximate surface area is 60.2 Å². The standard InChI is InChI=1S/C4H5F4NS/c5-2(1-3(9)10)4(6,7)8/h2H,1H2,(H2,9,10). The van der Waals surface area contributed by atoms with Crippen molar-refractivity contribution in [1.82, 2.24) is 0 Å². The molecule has 0 radical (unpaired) electrons. The zero-order valence-electron chi connectivity index (χ0n) is 4.78. The molecule has 1 unspecified atom stereocenters. The van der Waals surface area contributed by atoms with Crippen molar-refractivity contribution >= 4 is 17.2 Å². The summed E-state index contributed by atoms with van der Waals surface area (Å²) < 4.78 is 45.8. The Morgan fingerprint density at radius 2 is 1.90 bits per heavy atom. The molecule has 1 atom stereocenters. The van der Waals surface area contributed by atoms with E-state index in [9.17, 15) is 17.6 Å². The van der Waals surface area contributed by atoms with Crippen molar-refractivity contribution in [3.8, 4) is 0 Å². The van der Waals surface area contributed by atoms with Crippen LogP contribution in [0.15, 0.2) is 0 Å². The van der Waals surface area contributed by atoms with Gasteiger partial charge in [0.1, 0.15) is 0 Å². The number of nitrogens with two attached hydrogens (primary N) is 1. The lowest BCUT2D eigenvalue weighted by molar-refractivity contribution is -0.177. The third kappa shape index (κ3) is 3.60. The van der Waals surface area contributed by atoms with E-state index in [1.807, 2.05) is 0 Å². The molecular formula is C4H5F4NS. The molecular weight excluding hydrogens is 170 g/mol. The fourth-order valence-corrected chi connectivity index (χ4v) is 0.439. The van der Waals surface area contributed by atoms with E-state index in [0.717, 1.165) is 0 Å². The zero-order chi connectivity index (χ0) is 8.36. The molecule has 0 saturated heterocycles. The monoisotopic (exact) mass is 175 g/mol. The lowest BCUT2D eigenvalue weighted by atomic mass is 10.3. The topological polar surface area (TPSA) is 26.0 Å². The molecule has 0 aliphatic carbocycles. The molecule has 0 aromatic rings. The van der Waals surface area contributed by atoms with Crippen LogP contribution < -0.4 is 5.73 Å². The van der Waals surface area contributed by atoms with Gasteiger partial charge in [-0.1, -0.05) is 12.2 Å². The first-order valence-electron chi connectivity index (χ1n) is 2.33. The maximum absolute atomic E-state index is 11.9. The van der Waals surface area contributed by atoms with Gasteiger partial charge in [0, 0.05) is 6.42 Å². The molecule has 0 aromatic carbocycles. The Hall–Kier alpha value is -0.390. The minimum Gasteiger partial charge on any atom is -0.393 e. The van der Waals surface area contributed by atoms with Crippen molar-refractivity contribution in [2.24, 2.45) is 5.73 Å². The Kier molecular flexibility index (Phi) is 3.01. The highest BCUT2D eigenvalue weighted by atomic mass is 32.1. The molecule has 0 fully saturated rings. The van der Waals surface area contributed by atoms with Crippen LogP contribution in [0.2, 0.25) is 0 Å². The summed E-state index contributed by atoms with van der Waals surface area (Å²) in [6.07, 6.45) is -8.70. The van der Waals surface area contributed by atoms with Crippen molar-refractivity contribution < 1.29 is 17.6 Å². The van der Waals surface area contributed by atoms with Gasteiger partial charge in [-0.05, 0) is 0 Å². The number of hydrogen-bond acceptors (Lipinski definition) is 1. The van der Waals surface area contributed by atoms with Crippen molar-refractivity contribution in [1.29, 1.82) is 0 Å². The third-order valence-corrected chi connectivity index (χ3v) is 0.902. The van der Waals surface area contributed by atoms with Gasteiger partial charge in [-0.15, -0.1) is 0 Å². The molecule has 0 aromatic heterocycles. The van der Waals surface area contributed by atoms with Crippen LogP contribution in [0.1, 0.15) is 6.42 Å². The van der Waals surface area contributed by atoms with Crippen molar-refractivity contribution in [3.05, 3.63) is 0 Å². The van der Waals surface area contributed by atoms with Gasteiger partial charge in [0.05, 0.1) is 4.99 Å². The van der Waals surface area contributed by atoms with Crippen LogP contribution in [0.4, 0.5) is 17.6 Å². The summed E-state index contributed by atoms with van der Waals surface area (Å²) in [6.45, 7) is 0. The molecule has 10 heavy (non-hydrogen) atoms. The molecule has 0 bridgehead atoms. The highest BCUT2D eigenvalue weighted by Gasteiger charge is 2.40. The van der Waals surface area contributed by atoms with Crippen LogP contribution in [0, 0.1) is 0 Å². The second-order valence-corrected chi connectivity index (χ2v) is 2.20. The summed E-state index contributed by atoms with van der Waals surface area (Å²) in [4.78, 5) is -0.468. The van der Waals surface area contributed by atoms with E-state index in [2.05, 4.69) is 18.0 Å². The van der Waals surface area contributed by atoms with Crippen LogP contribution in [-0.2, 0) is 0 Å². The molecule has 0 rings (SSSR count). The number of halogens is 4. The van der Waals surface area contributed by atoms with Gasteiger partial charge >= 0.3 is 6.18 Å². The fourth-order valence-electron chi connectivity index (χ4n) is 0.292. The van der Waals surface area contributed by atoms with E-state index in [1.54, 1.807) is 0 Å². The Balaban J connectivity index is 3.85. The lowest BCUT2D eigenvalue weighted by Crippen LogP contribution is -2.28. The summed E-state index contributed by atoms with van der Waals surface area (Å²) in [5.41, 5.74) is 4.68. The van der Waals surface area contributed by atoms with Crippen LogP contribution in [0.5, 0.6) is 0 Å². The highest BCUT2D eigenvalue weighted by Crippen LogP contribution is 2.24. The van der Waals surface area contributed by atoms with E-state index in [1.165, 1.54) is 0 Å². The average Bonchev–Trinajstić information content (AvgIpc) is 1.60. The number of alkyl halides is 4. The summed E-state index contributed by atoms with van der Waals surface area (Å²) in [5, 5.41) is 0. The Morgan fingerprint density at radius 3 is 2.00 bits per heavy atom. The summed E-state index contributed by atoms with van der Waals surface area (Å²) in [5.74, 6) is 0. The summed E-state index contributed by atoms with van der Waals surface area (Å²) in [6, 6.07) is 0. The van der Waals surface area contributed by atoms with Crippen molar-refractivity contribution in [3.63, 3.8) is 0 Å². The van der Waals surface area contributed by atoms with E-state index < -0.39 is 23.8 Å². The zero-order valence-corrected chi connectivity index (χ0v) is 5.60. The second-order valence-electron chi connectivity index (χ2n) is 1.68. The smallest absolute Gasteiger partial charge is 0.393 e.